The predicted molar refractivity (Wildman–Crippen MR) is 193 cm³/mol. The lowest BCUT2D eigenvalue weighted by Gasteiger charge is -2.26. The van der Waals surface area contributed by atoms with E-state index in [9.17, 15) is 24.3 Å². The highest BCUT2D eigenvalue weighted by Crippen LogP contribution is 2.29. The number of benzene rings is 2. The molecule has 0 radical (unpaired) electrons. The number of ether oxygens (including phenoxy) is 2. The molecular formula is C37H48N8O7. The number of aryl methyl sites for hydroxylation is 1. The summed E-state index contributed by atoms with van der Waals surface area (Å²) in [5.41, 5.74) is 2.15. The normalized spacial score (nSPS) is 19.2. The molecule has 0 spiro atoms. The van der Waals surface area contributed by atoms with Crippen molar-refractivity contribution in [2.75, 3.05) is 26.7 Å². The number of aromatic nitrogens is 4. The second-order valence-corrected chi connectivity index (χ2v) is 13.4. The highest BCUT2D eigenvalue weighted by atomic mass is 16.5. The molecule has 1 aliphatic heterocycles. The van der Waals surface area contributed by atoms with Gasteiger partial charge in [0.15, 0.2) is 11.5 Å². The average molecular weight is 717 g/mol. The van der Waals surface area contributed by atoms with Gasteiger partial charge in [0, 0.05) is 42.6 Å². The van der Waals surface area contributed by atoms with Crippen LogP contribution in [0.15, 0.2) is 54.7 Å². The molecule has 52 heavy (non-hydrogen) atoms. The number of carbonyl (C=O) groups excluding carboxylic acids is 4. The number of para-hydroxylation sites is 1. The van der Waals surface area contributed by atoms with E-state index in [1.165, 1.54) is 20.1 Å². The van der Waals surface area contributed by atoms with E-state index in [1.54, 1.807) is 27.9 Å². The van der Waals surface area contributed by atoms with Gasteiger partial charge in [-0.1, -0.05) is 37.3 Å². The fraction of sp³-hybridized carbons (Fsp3) is 0.459. The Labute approximate surface area is 302 Å². The SMILES string of the molecule is COc1ccc2cc1OCc1cn(nn1)CCCN(C(=O)c1cc3ccccc3[nH]1)CCCCNC(=O)[C@H]([C@@H](C)O)NC(=O)[C@@H](CC(C)C)NC2=O. The number of carbonyl (C=O) groups is 4. The molecule has 2 aromatic carbocycles. The van der Waals surface area contributed by atoms with E-state index >= 15 is 0 Å². The van der Waals surface area contributed by atoms with Crippen molar-refractivity contribution in [3.63, 3.8) is 0 Å². The molecule has 4 amide bonds. The van der Waals surface area contributed by atoms with Crippen LogP contribution < -0.4 is 25.4 Å². The summed E-state index contributed by atoms with van der Waals surface area (Å²) in [7, 11) is 1.49. The van der Waals surface area contributed by atoms with Crippen LogP contribution >= 0.6 is 0 Å². The number of amides is 4. The van der Waals surface area contributed by atoms with Gasteiger partial charge in [0.2, 0.25) is 11.8 Å². The third kappa shape index (κ3) is 9.87. The van der Waals surface area contributed by atoms with Crippen molar-refractivity contribution in [3.05, 3.63) is 71.7 Å². The second-order valence-electron chi connectivity index (χ2n) is 13.4. The van der Waals surface area contributed by atoms with Gasteiger partial charge in [0.25, 0.3) is 11.8 Å². The minimum absolute atomic E-state index is 0.0207. The van der Waals surface area contributed by atoms with Crippen LogP contribution in [0, 0.1) is 5.92 Å². The molecule has 4 bridgehead atoms. The van der Waals surface area contributed by atoms with Crippen molar-refractivity contribution in [1.29, 1.82) is 0 Å². The minimum Gasteiger partial charge on any atom is -0.493 e. The maximum atomic E-state index is 13.7. The number of hydrogen-bond donors (Lipinski definition) is 5. The van der Waals surface area contributed by atoms with E-state index in [1.807, 2.05) is 44.2 Å². The molecule has 3 atom stereocenters. The molecule has 15 heteroatoms. The van der Waals surface area contributed by atoms with Gasteiger partial charge in [-0.05, 0) is 68.9 Å². The highest BCUT2D eigenvalue weighted by molar-refractivity contribution is 5.99. The fourth-order valence-corrected chi connectivity index (χ4v) is 6.05. The number of aromatic amines is 1. The first kappa shape index (κ1) is 37.8. The van der Waals surface area contributed by atoms with Crippen molar-refractivity contribution in [2.24, 2.45) is 5.92 Å². The fourth-order valence-electron chi connectivity index (χ4n) is 6.05. The highest BCUT2D eigenvalue weighted by Gasteiger charge is 2.30. The Balaban J connectivity index is 1.38. The molecule has 2 aromatic heterocycles. The number of H-pyrrole nitrogens is 1. The summed E-state index contributed by atoms with van der Waals surface area (Å²) in [6.45, 7) is 6.95. The number of nitrogens with one attached hydrogen (secondary N) is 4. The van der Waals surface area contributed by atoms with Crippen LogP contribution in [0.25, 0.3) is 10.9 Å². The van der Waals surface area contributed by atoms with Crippen molar-refractivity contribution in [3.8, 4) is 11.5 Å². The first-order chi connectivity index (χ1) is 25.0. The number of hydrogen-bond acceptors (Lipinski definition) is 9. The lowest BCUT2D eigenvalue weighted by Crippen LogP contribution is -2.57. The summed E-state index contributed by atoms with van der Waals surface area (Å²) < 4.78 is 13.2. The first-order valence-corrected chi connectivity index (χ1v) is 17.7. The topological polar surface area (TPSA) is 193 Å². The molecule has 0 saturated carbocycles. The van der Waals surface area contributed by atoms with Crippen LogP contribution in [0.5, 0.6) is 11.5 Å². The minimum atomic E-state index is -1.25. The molecule has 0 unspecified atom stereocenters. The molecule has 0 aliphatic carbocycles. The molecule has 3 heterocycles. The zero-order chi connectivity index (χ0) is 37.2. The number of fused-ring (bicyclic) bond motifs is 5. The summed E-state index contributed by atoms with van der Waals surface area (Å²) in [4.78, 5) is 58.8. The Morgan fingerprint density at radius 2 is 1.79 bits per heavy atom. The lowest BCUT2D eigenvalue weighted by atomic mass is 10.0. The molecule has 4 aromatic rings. The zero-order valence-electron chi connectivity index (χ0n) is 30.1. The molecule has 5 rings (SSSR count). The molecule has 278 valence electrons. The third-order valence-corrected chi connectivity index (χ3v) is 8.80. The Morgan fingerprint density at radius 3 is 2.54 bits per heavy atom. The quantitative estimate of drug-likeness (QED) is 0.207. The first-order valence-electron chi connectivity index (χ1n) is 17.7. The van der Waals surface area contributed by atoms with E-state index in [2.05, 4.69) is 31.2 Å². The summed E-state index contributed by atoms with van der Waals surface area (Å²) in [6.07, 6.45) is 2.59. The lowest BCUT2D eigenvalue weighted by molar-refractivity contribution is -0.132. The number of aliphatic hydroxyl groups is 1. The van der Waals surface area contributed by atoms with E-state index in [0.29, 0.717) is 61.8 Å². The van der Waals surface area contributed by atoms with Gasteiger partial charge in [-0.25, -0.2) is 0 Å². The van der Waals surface area contributed by atoms with Gasteiger partial charge in [0.05, 0.1) is 19.4 Å². The summed E-state index contributed by atoms with van der Waals surface area (Å²) in [6, 6.07) is 12.0. The molecule has 1 aliphatic rings. The molecule has 15 nitrogen and oxygen atoms in total. The van der Waals surface area contributed by atoms with Crippen LogP contribution in [0.2, 0.25) is 0 Å². The van der Waals surface area contributed by atoms with Gasteiger partial charge in [-0.15, -0.1) is 5.10 Å². The maximum Gasteiger partial charge on any atom is 0.270 e. The predicted octanol–water partition coefficient (Wildman–Crippen LogP) is 2.80. The monoisotopic (exact) mass is 716 g/mol. The van der Waals surface area contributed by atoms with E-state index in [4.69, 9.17) is 9.47 Å². The van der Waals surface area contributed by atoms with Crippen molar-refractivity contribution in [1.82, 2.24) is 40.8 Å². The maximum absolute atomic E-state index is 13.7. The van der Waals surface area contributed by atoms with Gasteiger partial charge in [-0.2, -0.15) is 0 Å². The van der Waals surface area contributed by atoms with Gasteiger partial charge in [-0.3, -0.25) is 23.9 Å². The molecular weight excluding hydrogens is 668 g/mol. The van der Waals surface area contributed by atoms with Crippen LogP contribution in [0.4, 0.5) is 0 Å². The van der Waals surface area contributed by atoms with Gasteiger partial charge < -0.3 is 40.4 Å². The Bertz CT molecular complexity index is 1820. The zero-order valence-corrected chi connectivity index (χ0v) is 30.1. The standard InChI is InChI=1S/C37H48N8O7/c1-23(2)18-29-35(48)41-33(24(3)46)36(49)38-14-7-8-15-44(37(50)30-19-25-10-5-6-11-28(25)39-30)16-9-17-45-21-27(42-43-45)22-52-32-20-26(34(47)40-29)12-13-31(32)51-4/h5-6,10-13,19-21,23-24,29,33,39,46H,7-9,14-18,22H2,1-4H3,(H,38,49)(H,40,47)(H,41,48)/t24-,29-,33+/m1/s1. The van der Waals surface area contributed by atoms with Crippen molar-refractivity contribution >= 4 is 34.5 Å². The molecule has 0 fully saturated rings. The van der Waals surface area contributed by atoms with Crippen molar-refractivity contribution < 1.29 is 33.8 Å². The van der Waals surface area contributed by atoms with Crippen LogP contribution in [-0.4, -0.2) is 98.5 Å². The Morgan fingerprint density at radius 1 is 1.00 bits per heavy atom. The van der Waals surface area contributed by atoms with Gasteiger partial charge in [0.1, 0.15) is 30.1 Å². The summed E-state index contributed by atoms with van der Waals surface area (Å²) in [5, 5.41) is 28.1. The smallest absolute Gasteiger partial charge is 0.270 e. The van der Waals surface area contributed by atoms with Crippen LogP contribution in [0.1, 0.15) is 73.0 Å². The average Bonchev–Trinajstić information content (AvgIpc) is 3.77. The van der Waals surface area contributed by atoms with Crippen LogP contribution in [0.3, 0.4) is 0 Å². The second kappa shape index (κ2) is 17.7. The number of methoxy groups -OCH3 is 1. The van der Waals surface area contributed by atoms with Crippen molar-refractivity contribution in [2.45, 2.75) is 77.8 Å². The number of nitrogens with zero attached hydrogens (tertiary/aromatic N) is 4. The Hall–Kier alpha value is -5.44. The van der Waals surface area contributed by atoms with E-state index in [0.717, 1.165) is 10.9 Å². The summed E-state index contributed by atoms with van der Waals surface area (Å²) in [5.74, 6) is -1.10. The molecule has 0 saturated heterocycles. The Kier molecular flexibility index (Phi) is 12.8. The van der Waals surface area contributed by atoms with E-state index < -0.39 is 35.9 Å². The van der Waals surface area contributed by atoms with Crippen LogP contribution in [-0.2, 0) is 22.7 Å². The third-order valence-electron chi connectivity index (χ3n) is 8.80. The summed E-state index contributed by atoms with van der Waals surface area (Å²) >= 11 is 0. The number of rotatable bonds is 5. The van der Waals surface area contributed by atoms with Gasteiger partial charge >= 0.3 is 0 Å². The largest absolute Gasteiger partial charge is 0.493 e. The van der Waals surface area contributed by atoms with E-state index in [-0.39, 0.29) is 37.0 Å². The number of aliphatic hydroxyl groups excluding tert-OH is 1. The molecule has 5 N–H and O–H groups in total.